The van der Waals surface area contributed by atoms with Gasteiger partial charge in [-0.25, -0.2) is 0 Å². The van der Waals surface area contributed by atoms with Crippen molar-refractivity contribution in [1.82, 2.24) is 9.80 Å². The number of benzene rings is 2. The van der Waals surface area contributed by atoms with Crippen molar-refractivity contribution < 1.29 is 23.8 Å². The fourth-order valence-corrected chi connectivity index (χ4v) is 4.68. The number of ether oxygens (including phenoxy) is 1. The number of ketones is 1. The number of carbonyl (C=O) groups is 2. The predicted octanol–water partition coefficient (Wildman–Crippen LogP) is 5.12. The molecule has 0 fully saturated rings. The molecule has 2 heterocycles. The molecule has 34 heavy (non-hydrogen) atoms. The third kappa shape index (κ3) is 4.48. The van der Waals surface area contributed by atoms with Crippen molar-refractivity contribution in [2.45, 2.75) is 19.9 Å². The Labute approximate surface area is 206 Å². The third-order valence-electron chi connectivity index (χ3n) is 6.23. The first kappa shape index (κ1) is 24.0. The summed E-state index contributed by atoms with van der Waals surface area (Å²) in [7, 11) is 1.57. The number of amides is 1. The van der Waals surface area contributed by atoms with Crippen molar-refractivity contribution >= 4 is 38.6 Å². The van der Waals surface area contributed by atoms with Gasteiger partial charge in [0.2, 0.25) is 5.78 Å². The van der Waals surface area contributed by atoms with Crippen LogP contribution in [0.4, 0.5) is 0 Å². The summed E-state index contributed by atoms with van der Waals surface area (Å²) in [6, 6.07) is 13.5. The molecule has 2 aromatic carbocycles. The van der Waals surface area contributed by atoms with Gasteiger partial charge in [0, 0.05) is 22.9 Å². The van der Waals surface area contributed by atoms with E-state index in [-0.39, 0.29) is 11.3 Å². The van der Waals surface area contributed by atoms with Crippen LogP contribution in [0.2, 0.25) is 0 Å². The van der Waals surface area contributed by atoms with Gasteiger partial charge >= 0.3 is 0 Å². The Morgan fingerprint density at radius 3 is 2.50 bits per heavy atom. The van der Waals surface area contributed by atoms with E-state index < -0.39 is 23.5 Å². The Hall–Kier alpha value is -3.10. The zero-order valence-electron chi connectivity index (χ0n) is 19.4. The molecule has 1 amide bonds. The summed E-state index contributed by atoms with van der Waals surface area (Å²) >= 11 is 3.42. The number of aliphatic hydroxyl groups is 1. The van der Waals surface area contributed by atoms with Gasteiger partial charge in [0.05, 0.1) is 18.7 Å². The summed E-state index contributed by atoms with van der Waals surface area (Å²) < 4.78 is 11.9. The smallest absolute Gasteiger partial charge is 0.290 e. The zero-order valence-corrected chi connectivity index (χ0v) is 21.0. The predicted molar refractivity (Wildman–Crippen MR) is 133 cm³/mol. The van der Waals surface area contributed by atoms with Crippen LogP contribution in [0.3, 0.4) is 0 Å². The number of furan rings is 1. The second kappa shape index (κ2) is 10.0. The number of rotatable bonds is 9. The van der Waals surface area contributed by atoms with E-state index in [2.05, 4.69) is 34.7 Å². The molecule has 0 bridgehead atoms. The van der Waals surface area contributed by atoms with Gasteiger partial charge in [-0.3, -0.25) is 9.59 Å². The molecule has 1 aliphatic rings. The summed E-state index contributed by atoms with van der Waals surface area (Å²) in [6.07, 6.45) is 0. The Balaban J connectivity index is 1.75. The van der Waals surface area contributed by atoms with Crippen LogP contribution in [0.15, 0.2) is 68.8 Å². The summed E-state index contributed by atoms with van der Waals surface area (Å²) in [4.78, 5) is 30.5. The lowest BCUT2D eigenvalue weighted by Crippen LogP contribution is -2.38. The van der Waals surface area contributed by atoms with Crippen molar-refractivity contribution in [3.05, 3.63) is 75.7 Å². The van der Waals surface area contributed by atoms with Crippen LogP contribution in [0.25, 0.3) is 11.0 Å². The molecule has 0 spiro atoms. The Kier molecular flexibility index (Phi) is 7.09. The third-order valence-corrected chi connectivity index (χ3v) is 6.73. The van der Waals surface area contributed by atoms with Crippen LogP contribution in [-0.2, 0) is 4.79 Å². The molecule has 0 radical (unpaired) electrons. The molecule has 3 aromatic rings. The van der Waals surface area contributed by atoms with Crippen molar-refractivity contribution in [3.8, 4) is 5.75 Å². The van der Waals surface area contributed by atoms with Crippen LogP contribution in [0.1, 0.15) is 36.0 Å². The second-order valence-corrected chi connectivity index (χ2v) is 9.00. The average molecular weight is 527 g/mol. The highest BCUT2D eigenvalue weighted by molar-refractivity contribution is 9.10. The number of nitrogens with zero attached hydrogens (tertiary/aromatic N) is 2. The molecule has 1 aliphatic heterocycles. The number of likely N-dealkylation sites (N-methyl/N-ethyl adjacent to an activating group) is 1. The molecule has 7 nitrogen and oxygen atoms in total. The van der Waals surface area contributed by atoms with E-state index in [1.165, 1.54) is 0 Å². The number of methoxy groups -OCH3 is 1. The van der Waals surface area contributed by atoms with Crippen molar-refractivity contribution in [3.63, 3.8) is 0 Å². The van der Waals surface area contributed by atoms with Gasteiger partial charge in [-0.15, -0.1) is 0 Å². The first-order chi connectivity index (χ1) is 16.4. The standard InChI is InChI=1S/C26H27BrN2O5/c1-4-28(5-2)12-13-29-23(16-6-9-19(33-3)10-7-16)22(25(31)26(29)32)24(30)21-15-17-14-18(27)8-11-20(17)34-21/h6-11,14-15,23,31H,4-5,12-13H2,1-3H3. The topological polar surface area (TPSA) is 83.2 Å². The number of hydrogen-bond acceptors (Lipinski definition) is 6. The van der Waals surface area contributed by atoms with Gasteiger partial charge < -0.3 is 24.1 Å². The molecule has 4 rings (SSSR count). The Bertz CT molecular complexity index is 1240. The summed E-state index contributed by atoms with van der Waals surface area (Å²) in [5.41, 5.74) is 1.28. The van der Waals surface area contributed by atoms with E-state index in [1.54, 1.807) is 36.3 Å². The maximum Gasteiger partial charge on any atom is 0.290 e. The number of fused-ring (bicyclic) bond motifs is 1. The van der Waals surface area contributed by atoms with Gasteiger partial charge in [0.15, 0.2) is 11.5 Å². The Morgan fingerprint density at radius 2 is 1.85 bits per heavy atom. The van der Waals surface area contributed by atoms with Crippen LogP contribution in [0.5, 0.6) is 5.75 Å². The van der Waals surface area contributed by atoms with Gasteiger partial charge in [-0.1, -0.05) is 41.9 Å². The van der Waals surface area contributed by atoms with Crippen molar-refractivity contribution in [2.24, 2.45) is 0 Å². The lowest BCUT2D eigenvalue weighted by Gasteiger charge is -2.29. The molecule has 1 unspecified atom stereocenters. The molecular weight excluding hydrogens is 500 g/mol. The number of aliphatic hydroxyl groups excluding tert-OH is 1. The van der Waals surface area contributed by atoms with E-state index in [1.807, 2.05) is 24.3 Å². The van der Waals surface area contributed by atoms with E-state index in [4.69, 9.17) is 9.15 Å². The maximum atomic E-state index is 13.6. The van der Waals surface area contributed by atoms with Gasteiger partial charge in [0.1, 0.15) is 11.3 Å². The highest BCUT2D eigenvalue weighted by atomic mass is 79.9. The number of Topliss-reactive ketones (excluding diaryl/α,β-unsaturated/α-hetero) is 1. The largest absolute Gasteiger partial charge is 0.503 e. The highest BCUT2D eigenvalue weighted by Crippen LogP contribution is 2.40. The molecule has 0 saturated heterocycles. The quantitative estimate of drug-likeness (QED) is 0.389. The van der Waals surface area contributed by atoms with Gasteiger partial charge in [-0.05, 0) is 55.1 Å². The molecule has 0 aliphatic carbocycles. The molecular formula is C26H27BrN2O5. The number of hydrogen-bond donors (Lipinski definition) is 1. The van der Waals surface area contributed by atoms with Crippen LogP contribution >= 0.6 is 15.9 Å². The van der Waals surface area contributed by atoms with E-state index in [0.29, 0.717) is 30.0 Å². The normalized spacial score (nSPS) is 16.2. The molecule has 1 aromatic heterocycles. The van der Waals surface area contributed by atoms with E-state index in [0.717, 1.165) is 22.9 Å². The highest BCUT2D eigenvalue weighted by Gasteiger charge is 2.44. The van der Waals surface area contributed by atoms with Crippen molar-refractivity contribution in [1.29, 1.82) is 0 Å². The van der Waals surface area contributed by atoms with Crippen molar-refractivity contribution in [2.75, 3.05) is 33.3 Å². The van der Waals surface area contributed by atoms with Crippen LogP contribution in [-0.4, -0.2) is 59.9 Å². The number of carbonyl (C=O) groups excluding carboxylic acids is 2. The molecule has 1 N–H and O–H groups in total. The first-order valence-electron chi connectivity index (χ1n) is 11.2. The monoisotopic (exact) mass is 526 g/mol. The fourth-order valence-electron chi connectivity index (χ4n) is 4.30. The Morgan fingerprint density at radius 1 is 1.15 bits per heavy atom. The maximum absolute atomic E-state index is 13.6. The lowest BCUT2D eigenvalue weighted by atomic mass is 9.95. The second-order valence-electron chi connectivity index (χ2n) is 8.09. The molecule has 8 heteroatoms. The van der Waals surface area contributed by atoms with Crippen LogP contribution < -0.4 is 4.74 Å². The SMILES string of the molecule is CCN(CC)CCN1C(=O)C(O)=C(C(=O)c2cc3cc(Br)ccc3o2)C1c1ccc(OC)cc1. The minimum Gasteiger partial charge on any atom is -0.503 e. The summed E-state index contributed by atoms with van der Waals surface area (Å²) in [5, 5.41) is 11.6. The summed E-state index contributed by atoms with van der Waals surface area (Å²) in [5.74, 6) is -0.871. The minimum absolute atomic E-state index is 0.0211. The fraction of sp³-hybridized carbons (Fsp3) is 0.308. The molecule has 0 saturated carbocycles. The number of halogens is 1. The zero-order chi connectivity index (χ0) is 24.4. The molecule has 178 valence electrons. The van der Waals surface area contributed by atoms with Gasteiger partial charge in [-0.2, -0.15) is 0 Å². The lowest BCUT2D eigenvalue weighted by molar-refractivity contribution is -0.129. The van der Waals surface area contributed by atoms with E-state index >= 15 is 0 Å². The average Bonchev–Trinajstić information content (AvgIpc) is 3.38. The summed E-state index contributed by atoms with van der Waals surface area (Å²) in [6.45, 7) is 6.78. The first-order valence-corrected chi connectivity index (χ1v) is 12.0. The van der Waals surface area contributed by atoms with E-state index in [9.17, 15) is 14.7 Å². The minimum atomic E-state index is -0.735. The molecule has 1 atom stereocenters. The van der Waals surface area contributed by atoms with Crippen LogP contribution in [0, 0.1) is 0 Å². The van der Waals surface area contributed by atoms with Gasteiger partial charge in [0.25, 0.3) is 5.91 Å².